The normalized spacial score (nSPS) is 22.0. The Labute approximate surface area is 224 Å². The average molecular weight is 562 g/mol. The van der Waals surface area contributed by atoms with E-state index in [4.69, 9.17) is 32.9 Å². The average Bonchev–Trinajstić information content (AvgIpc) is 2.89. The molecule has 7 nitrogen and oxygen atoms in total. The van der Waals surface area contributed by atoms with Gasteiger partial charge in [0.05, 0.1) is 15.7 Å². The summed E-state index contributed by atoms with van der Waals surface area (Å²) in [5.74, 6) is 1.88. The van der Waals surface area contributed by atoms with Crippen LogP contribution in [0.4, 0.5) is 24.8 Å². The molecule has 3 heterocycles. The summed E-state index contributed by atoms with van der Waals surface area (Å²) < 4.78 is 43.0. The Morgan fingerprint density at radius 3 is 2.41 bits per heavy atom. The zero-order chi connectivity index (χ0) is 26.4. The van der Waals surface area contributed by atoms with E-state index >= 15 is 0 Å². The lowest BCUT2D eigenvalue weighted by molar-refractivity contribution is -0.202. The summed E-state index contributed by atoms with van der Waals surface area (Å²) in [6, 6.07) is 5.51. The van der Waals surface area contributed by atoms with Crippen molar-refractivity contribution < 1.29 is 23.0 Å². The van der Waals surface area contributed by atoms with Crippen LogP contribution in [-0.2, 0) is 4.74 Å². The molecule has 4 rings (SSSR count). The van der Waals surface area contributed by atoms with Crippen molar-refractivity contribution in [3.05, 3.63) is 34.4 Å². The van der Waals surface area contributed by atoms with Crippen LogP contribution < -0.4 is 16.0 Å². The zero-order valence-electron chi connectivity index (χ0n) is 20.3. The maximum atomic E-state index is 12.5. The van der Waals surface area contributed by atoms with Crippen LogP contribution >= 0.6 is 23.2 Å². The van der Waals surface area contributed by atoms with Crippen LogP contribution in [0, 0.1) is 5.92 Å². The van der Waals surface area contributed by atoms with Gasteiger partial charge in [-0.25, -0.2) is 9.97 Å². The summed E-state index contributed by atoms with van der Waals surface area (Å²) in [4.78, 5) is 9.11. The number of alkyl halides is 3. The molecule has 1 unspecified atom stereocenters. The van der Waals surface area contributed by atoms with E-state index < -0.39 is 18.8 Å². The molecule has 2 aliphatic rings. The van der Waals surface area contributed by atoms with Gasteiger partial charge in [-0.1, -0.05) is 23.2 Å². The molecule has 4 N–H and O–H groups in total. The van der Waals surface area contributed by atoms with Crippen LogP contribution in [0.5, 0.6) is 0 Å². The minimum Gasteiger partial charge on any atom is -0.382 e. The predicted octanol–water partition coefficient (Wildman–Crippen LogP) is 5.52. The quantitative estimate of drug-likeness (QED) is 0.320. The number of aliphatic hydroxyl groups excluding tert-OH is 1. The topological polar surface area (TPSA) is 91.3 Å². The second kappa shape index (κ2) is 12.8. The van der Waals surface area contributed by atoms with Gasteiger partial charge in [0.2, 0.25) is 0 Å². The molecular weight excluding hydrogens is 530 g/mol. The number of hydrogen-bond acceptors (Lipinski definition) is 7. The highest BCUT2D eigenvalue weighted by Gasteiger charge is 2.38. The van der Waals surface area contributed by atoms with Gasteiger partial charge in [-0.05, 0) is 62.6 Å². The number of pyridine rings is 2. The van der Waals surface area contributed by atoms with Gasteiger partial charge in [0.25, 0.3) is 0 Å². The van der Waals surface area contributed by atoms with Crippen LogP contribution in [-0.4, -0.2) is 65.7 Å². The fourth-order valence-corrected chi connectivity index (χ4v) is 5.07. The fraction of sp³-hybridized carbons (Fsp3) is 0.600. The molecular formula is C25H32Cl2F3N5O2. The van der Waals surface area contributed by atoms with Crippen molar-refractivity contribution in [1.29, 1.82) is 0 Å². The predicted molar refractivity (Wildman–Crippen MR) is 139 cm³/mol. The number of halogens is 5. The molecule has 2 fully saturated rings. The molecule has 1 aliphatic carbocycles. The first-order valence-corrected chi connectivity index (χ1v) is 13.3. The molecule has 1 atom stereocenters. The Morgan fingerprint density at radius 2 is 1.70 bits per heavy atom. The molecule has 0 radical (unpaired) electrons. The lowest BCUT2D eigenvalue weighted by Gasteiger charge is -2.31. The number of hydrogen-bond donors (Lipinski definition) is 4. The monoisotopic (exact) mass is 561 g/mol. The van der Waals surface area contributed by atoms with Crippen LogP contribution in [0.15, 0.2) is 24.4 Å². The van der Waals surface area contributed by atoms with Crippen LogP contribution in [0.3, 0.4) is 0 Å². The molecule has 12 heteroatoms. The van der Waals surface area contributed by atoms with Crippen LogP contribution in [0.1, 0.15) is 38.5 Å². The summed E-state index contributed by atoms with van der Waals surface area (Å²) in [6.45, 7) is 1.88. The van der Waals surface area contributed by atoms with Gasteiger partial charge in [-0.2, -0.15) is 13.2 Å². The van der Waals surface area contributed by atoms with Gasteiger partial charge in [0, 0.05) is 50.1 Å². The van der Waals surface area contributed by atoms with Crippen molar-refractivity contribution in [2.75, 3.05) is 36.9 Å². The van der Waals surface area contributed by atoms with Gasteiger partial charge in [0.15, 0.2) is 6.10 Å². The van der Waals surface area contributed by atoms with Crippen molar-refractivity contribution in [3.8, 4) is 11.3 Å². The maximum Gasteiger partial charge on any atom is 0.415 e. The number of ether oxygens (including phenoxy) is 1. The van der Waals surface area contributed by atoms with Gasteiger partial charge < -0.3 is 25.8 Å². The number of rotatable bonds is 9. The van der Waals surface area contributed by atoms with Crippen molar-refractivity contribution in [2.45, 2.75) is 62.9 Å². The van der Waals surface area contributed by atoms with E-state index in [9.17, 15) is 18.3 Å². The lowest BCUT2D eigenvalue weighted by Crippen LogP contribution is -2.44. The minimum atomic E-state index is -4.61. The molecule has 0 spiro atoms. The van der Waals surface area contributed by atoms with Crippen molar-refractivity contribution in [3.63, 3.8) is 0 Å². The standard InChI is InChI=1S/C25H32Cl2F3N5O2/c26-19-5-6-22(32-12-15-7-9-37-10-8-15)35-24(19)18-11-23(33-13-20(18)27)34-17-3-1-16(2-4-17)31-14-21(36)25(28,29)30/h5-6,11,13,15-17,21,31,36H,1-4,7-10,12,14H2,(H,32,35)(H,33,34). The largest absolute Gasteiger partial charge is 0.415 e. The summed E-state index contributed by atoms with van der Waals surface area (Å²) in [7, 11) is 0. The van der Waals surface area contributed by atoms with Gasteiger partial charge in [0.1, 0.15) is 11.6 Å². The fourth-order valence-electron chi connectivity index (χ4n) is 4.67. The van der Waals surface area contributed by atoms with E-state index in [0.29, 0.717) is 45.9 Å². The van der Waals surface area contributed by atoms with Crippen molar-refractivity contribution >= 4 is 34.8 Å². The Morgan fingerprint density at radius 1 is 1.00 bits per heavy atom. The highest BCUT2D eigenvalue weighted by atomic mass is 35.5. The Balaban J connectivity index is 1.35. The SMILES string of the molecule is OC(CNC1CCC(Nc2cc(-c3nc(NCC4CCOCC4)ccc3Cl)c(Cl)cn2)CC1)C(F)(F)F. The molecule has 2 aromatic rings. The highest BCUT2D eigenvalue weighted by Crippen LogP contribution is 2.34. The molecule has 0 aromatic carbocycles. The van der Waals surface area contributed by atoms with E-state index in [1.54, 1.807) is 12.3 Å². The third-order valence-electron chi connectivity index (χ3n) is 6.93. The molecule has 204 valence electrons. The Bertz CT molecular complexity index is 1030. The first kappa shape index (κ1) is 28.2. The summed E-state index contributed by atoms with van der Waals surface area (Å²) >= 11 is 13.0. The van der Waals surface area contributed by atoms with E-state index in [1.807, 2.05) is 12.1 Å². The second-order valence-electron chi connectivity index (χ2n) is 9.67. The summed E-state index contributed by atoms with van der Waals surface area (Å²) in [5, 5.41) is 19.7. The van der Waals surface area contributed by atoms with E-state index in [1.165, 1.54) is 0 Å². The molecule has 2 aromatic heterocycles. The number of nitrogens with one attached hydrogen (secondary N) is 3. The van der Waals surface area contributed by atoms with Crippen LogP contribution in [0.2, 0.25) is 10.0 Å². The molecule has 37 heavy (non-hydrogen) atoms. The number of nitrogens with zero attached hydrogens (tertiary/aromatic N) is 2. The van der Waals surface area contributed by atoms with Gasteiger partial charge in [-0.15, -0.1) is 0 Å². The second-order valence-corrected chi connectivity index (χ2v) is 10.5. The number of anilines is 2. The molecule has 0 amide bonds. The van der Waals surface area contributed by atoms with Gasteiger partial charge in [-0.3, -0.25) is 0 Å². The summed E-state index contributed by atoms with van der Waals surface area (Å²) in [6.07, 6.45) is -0.469. The smallest absolute Gasteiger partial charge is 0.382 e. The number of aliphatic hydroxyl groups is 1. The Hall–Kier alpha value is -1.85. The van der Waals surface area contributed by atoms with E-state index in [-0.39, 0.29) is 12.1 Å². The van der Waals surface area contributed by atoms with Gasteiger partial charge >= 0.3 is 6.18 Å². The molecule has 1 aliphatic heterocycles. The number of aromatic nitrogens is 2. The first-order valence-electron chi connectivity index (χ1n) is 12.6. The van der Waals surface area contributed by atoms with E-state index in [2.05, 4.69) is 20.9 Å². The molecule has 1 saturated carbocycles. The zero-order valence-corrected chi connectivity index (χ0v) is 21.8. The minimum absolute atomic E-state index is 0.0665. The molecule has 1 saturated heterocycles. The van der Waals surface area contributed by atoms with Crippen molar-refractivity contribution in [1.82, 2.24) is 15.3 Å². The maximum absolute atomic E-state index is 12.5. The highest BCUT2D eigenvalue weighted by molar-refractivity contribution is 6.36. The molecule has 0 bridgehead atoms. The first-order chi connectivity index (χ1) is 17.7. The van der Waals surface area contributed by atoms with Crippen molar-refractivity contribution in [2.24, 2.45) is 5.92 Å². The van der Waals surface area contributed by atoms with E-state index in [0.717, 1.165) is 51.3 Å². The summed E-state index contributed by atoms with van der Waals surface area (Å²) in [5.41, 5.74) is 1.22. The lowest BCUT2D eigenvalue weighted by atomic mass is 9.91. The third-order valence-corrected chi connectivity index (χ3v) is 7.53. The van der Waals surface area contributed by atoms with Crippen LogP contribution in [0.25, 0.3) is 11.3 Å². The Kier molecular flexibility index (Phi) is 9.74. The third kappa shape index (κ3) is 8.07.